The molecule has 0 radical (unpaired) electrons. The molecule has 0 aliphatic heterocycles. The maximum Gasteiger partial charge on any atom is 1.00 e. The van der Waals surface area contributed by atoms with Crippen LogP contribution in [-0.4, -0.2) is 72.1 Å². The molecule has 8 N–H and O–H groups in total. The molecule has 0 fully saturated rings. The van der Waals surface area contributed by atoms with E-state index in [1.54, 1.807) is 0 Å². The maximum absolute atomic E-state index is 10.3. The number of carboxylic acids is 5. The summed E-state index contributed by atoms with van der Waals surface area (Å²) >= 11 is 0. The van der Waals surface area contributed by atoms with Crippen LogP contribution < -0.4 is 124 Å². The molecule has 26 heavy (non-hydrogen) atoms. The van der Waals surface area contributed by atoms with Crippen molar-refractivity contribution in [2.45, 2.75) is 30.9 Å². The molecule has 0 saturated carbocycles. The number of hydrogen-bond acceptors (Lipinski definition) is 7. The molecule has 134 valence electrons. The van der Waals surface area contributed by atoms with Crippen molar-refractivity contribution in [3.8, 4) is 0 Å². The Morgan fingerprint density at radius 2 is 1.08 bits per heavy atom. The van der Waals surface area contributed by atoms with Crippen LogP contribution in [0.3, 0.4) is 0 Å². The zero-order chi connectivity index (χ0) is 18.1. The molecule has 12 nitrogen and oxygen atoms in total. The van der Waals surface area contributed by atoms with Crippen LogP contribution in [0.1, 0.15) is 25.0 Å². The Morgan fingerprint density at radius 1 is 0.769 bits per heavy atom. The van der Waals surface area contributed by atoms with E-state index in [4.69, 9.17) is 36.4 Å². The molecule has 0 aromatic heterocycles. The monoisotopic (exact) mass is 421 g/mol. The first kappa shape index (κ1) is 41.6. The molecule has 0 spiro atoms. The number of aliphatic carboxylic acids is 5. The quantitative estimate of drug-likeness (QED) is 0.181. The van der Waals surface area contributed by atoms with Crippen molar-refractivity contribution < 1.29 is 179 Å². The Morgan fingerprint density at radius 3 is 1.19 bits per heavy atom. The number of carboxylic acid groups (broad SMARTS) is 5. The smallest absolute Gasteiger partial charge is 1.00 e. The zero-order valence-electron chi connectivity index (χ0n) is 19.0. The number of carbonyl (C=O) groups is 5. The number of nitrogens with two attached hydrogens (primary N) is 1. The normalized spacial score (nSPS) is 9.77. The van der Waals surface area contributed by atoms with Crippen molar-refractivity contribution in [2.24, 2.45) is 5.73 Å². The van der Waals surface area contributed by atoms with E-state index in [2.05, 4.69) is 0 Å². The summed E-state index contributed by atoms with van der Waals surface area (Å²) < 4.78 is 0. The third-order valence-electron chi connectivity index (χ3n) is 2.00. The summed E-state index contributed by atoms with van der Waals surface area (Å²) in [4.78, 5) is 50.1. The first-order chi connectivity index (χ1) is 9.81. The minimum Gasteiger partial charge on any atom is -1.00 e. The molecular formula is C10H19NNa4O11. The maximum atomic E-state index is 10.3. The van der Waals surface area contributed by atoms with Crippen LogP contribution in [0.15, 0.2) is 0 Å². The minimum atomic E-state index is -2.74. The van der Waals surface area contributed by atoms with Gasteiger partial charge in [-0.1, -0.05) is 0 Å². The SMILES string of the molecule is NC(CC(=O)O)C(=O)O.O=C(O)CC(O)(CC(=O)O)C(=O)O.[H-].[H-].[H-].[H-].[Na+].[Na+].[Na+].[Na+]. The molecule has 0 aromatic carbocycles. The van der Waals surface area contributed by atoms with Gasteiger partial charge in [-0.2, -0.15) is 0 Å². The van der Waals surface area contributed by atoms with E-state index < -0.39 is 60.8 Å². The molecule has 1 unspecified atom stereocenters. The van der Waals surface area contributed by atoms with Gasteiger partial charge in [-0.3, -0.25) is 19.2 Å². The fourth-order valence-corrected chi connectivity index (χ4v) is 0.990. The van der Waals surface area contributed by atoms with Crippen molar-refractivity contribution in [3.05, 3.63) is 0 Å². The van der Waals surface area contributed by atoms with Gasteiger partial charge < -0.3 is 42.1 Å². The van der Waals surface area contributed by atoms with E-state index in [0.717, 1.165) is 0 Å². The second-order valence-electron chi connectivity index (χ2n) is 4.02. The Bertz CT molecular complexity index is 475. The molecule has 0 aromatic rings. The molecule has 0 heterocycles. The van der Waals surface area contributed by atoms with Gasteiger partial charge in [0.25, 0.3) is 0 Å². The summed E-state index contributed by atoms with van der Waals surface area (Å²) in [5.74, 6) is -7.52. The van der Waals surface area contributed by atoms with Gasteiger partial charge in [0.2, 0.25) is 0 Å². The number of rotatable bonds is 8. The average molecular weight is 421 g/mol. The molecule has 0 aliphatic rings. The van der Waals surface area contributed by atoms with E-state index in [1.165, 1.54) is 0 Å². The van der Waals surface area contributed by atoms with Crippen molar-refractivity contribution >= 4 is 29.8 Å². The van der Waals surface area contributed by atoms with Crippen LogP contribution in [0, 0.1) is 0 Å². The third kappa shape index (κ3) is 23.3. The van der Waals surface area contributed by atoms with Crippen LogP contribution >= 0.6 is 0 Å². The predicted molar refractivity (Wildman–Crippen MR) is 69.4 cm³/mol. The van der Waals surface area contributed by atoms with Crippen LogP contribution in [-0.2, 0) is 24.0 Å². The first-order valence-corrected chi connectivity index (χ1v) is 5.41. The molecule has 1 atom stereocenters. The Labute approximate surface area is 242 Å². The Hall–Kier alpha value is 1.27. The fourth-order valence-electron chi connectivity index (χ4n) is 0.990. The fraction of sp³-hybridized carbons (Fsp3) is 0.500. The predicted octanol–water partition coefficient (Wildman–Crippen LogP) is -13.9. The summed E-state index contributed by atoms with van der Waals surface area (Å²) in [6.07, 6.45) is -2.82. The van der Waals surface area contributed by atoms with Gasteiger partial charge in [-0.05, 0) is 0 Å². The van der Waals surface area contributed by atoms with Crippen LogP contribution in [0.5, 0.6) is 0 Å². The summed E-state index contributed by atoms with van der Waals surface area (Å²) in [6, 6.07) is -1.29. The summed E-state index contributed by atoms with van der Waals surface area (Å²) in [7, 11) is 0. The van der Waals surface area contributed by atoms with Crippen LogP contribution in [0.2, 0.25) is 0 Å². The minimum absolute atomic E-state index is 0. The van der Waals surface area contributed by atoms with Gasteiger partial charge in [0, 0.05) is 0 Å². The molecular weight excluding hydrogens is 402 g/mol. The molecule has 0 saturated heterocycles. The third-order valence-corrected chi connectivity index (χ3v) is 2.00. The Kier molecular flexibility index (Phi) is 33.6. The van der Waals surface area contributed by atoms with Crippen LogP contribution in [0.4, 0.5) is 0 Å². The van der Waals surface area contributed by atoms with Gasteiger partial charge in [0.15, 0.2) is 5.60 Å². The second-order valence-corrected chi connectivity index (χ2v) is 4.02. The van der Waals surface area contributed by atoms with Gasteiger partial charge in [0.1, 0.15) is 6.04 Å². The van der Waals surface area contributed by atoms with E-state index >= 15 is 0 Å². The molecule has 16 heteroatoms. The van der Waals surface area contributed by atoms with Crippen molar-refractivity contribution in [2.75, 3.05) is 0 Å². The average Bonchev–Trinajstić information content (AvgIpc) is 2.25. The van der Waals surface area contributed by atoms with Crippen molar-refractivity contribution in [3.63, 3.8) is 0 Å². The molecule has 0 bridgehead atoms. The molecule has 0 amide bonds. The van der Waals surface area contributed by atoms with E-state index in [9.17, 15) is 24.0 Å². The topological polar surface area (TPSA) is 233 Å². The molecule has 0 aliphatic carbocycles. The largest absolute Gasteiger partial charge is 1.00 e. The van der Waals surface area contributed by atoms with E-state index in [0.29, 0.717) is 0 Å². The van der Waals surface area contributed by atoms with Crippen LogP contribution in [0.25, 0.3) is 0 Å². The number of hydrogen-bond donors (Lipinski definition) is 7. The van der Waals surface area contributed by atoms with Gasteiger partial charge in [0.05, 0.1) is 19.3 Å². The first-order valence-electron chi connectivity index (χ1n) is 5.41. The number of aliphatic hydroxyl groups is 1. The van der Waals surface area contributed by atoms with Crippen molar-refractivity contribution in [1.29, 1.82) is 0 Å². The van der Waals surface area contributed by atoms with Gasteiger partial charge in [-0.15, -0.1) is 0 Å². The summed E-state index contributed by atoms with van der Waals surface area (Å²) in [6.45, 7) is 0. The summed E-state index contributed by atoms with van der Waals surface area (Å²) in [5.41, 5.74) is 2.10. The summed E-state index contributed by atoms with van der Waals surface area (Å²) in [5, 5.41) is 49.8. The van der Waals surface area contributed by atoms with E-state index in [1.807, 2.05) is 0 Å². The Balaban J connectivity index is -0.0000000272. The van der Waals surface area contributed by atoms with Crippen molar-refractivity contribution in [1.82, 2.24) is 0 Å². The zero-order valence-corrected chi connectivity index (χ0v) is 23.0. The molecule has 0 rings (SSSR count). The van der Waals surface area contributed by atoms with Gasteiger partial charge in [-0.25, -0.2) is 4.79 Å². The second kappa shape index (κ2) is 21.0. The standard InChI is InChI=1S/C6H8O7.C4H7NO4.4Na.4H/c7-3(8)1-6(13,5(11)12)2-4(9)10;5-2(4(8)9)1-3(6)7;;;;;;;;/h13H,1-2H2,(H,7,8)(H,9,10)(H,11,12);2H,1,5H2,(H,6,7)(H,8,9);;;;;;;;/q;;4*+1;4*-1. The van der Waals surface area contributed by atoms with E-state index in [-0.39, 0.29) is 124 Å². The van der Waals surface area contributed by atoms with Gasteiger partial charge >= 0.3 is 148 Å².